The van der Waals surface area contributed by atoms with E-state index >= 15 is 0 Å². The van der Waals surface area contributed by atoms with Crippen molar-refractivity contribution in [3.63, 3.8) is 0 Å². The second-order valence-corrected chi connectivity index (χ2v) is 4.78. The predicted octanol–water partition coefficient (Wildman–Crippen LogP) is 1.71. The first-order valence-electron chi connectivity index (χ1n) is 5.37. The summed E-state index contributed by atoms with van der Waals surface area (Å²) in [6.07, 6.45) is 0. The number of aryl methyl sites for hydroxylation is 1. The van der Waals surface area contributed by atoms with E-state index in [1.165, 1.54) is 6.07 Å². The summed E-state index contributed by atoms with van der Waals surface area (Å²) in [6.45, 7) is 1.47. The van der Waals surface area contributed by atoms with Gasteiger partial charge in [0.05, 0.1) is 12.6 Å². The molecule has 0 saturated carbocycles. The summed E-state index contributed by atoms with van der Waals surface area (Å²) in [5, 5.41) is 9.61. The van der Waals surface area contributed by atoms with Crippen molar-refractivity contribution < 1.29 is 9.50 Å². The molecule has 0 fully saturated rings. The molecule has 2 unspecified atom stereocenters. The second-order valence-electron chi connectivity index (χ2n) is 4.38. The maximum absolute atomic E-state index is 13.6. The molecule has 0 heterocycles. The van der Waals surface area contributed by atoms with Crippen molar-refractivity contribution in [2.45, 2.75) is 19.0 Å². The molecule has 5 heteroatoms. The highest BCUT2D eigenvalue weighted by Crippen LogP contribution is 2.30. The average Bonchev–Trinajstić information content (AvgIpc) is 2.25. The molecule has 2 atom stereocenters. The van der Waals surface area contributed by atoms with Gasteiger partial charge < -0.3 is 15.7 Å². The number of nitrogens with two attached hydrogens (primary N) is 1. The maximum atomic E-state index is 13.6. The number of hydrogen-bond acceptors (Lipinski definition) is 3. The Hall–Kier alpha value is -0.680. The number of benzene rings is 1. The molecule has 0 aromatic heterocycles. The van der Waals surface area contributed by atoms with Gasteiger partial charge in [-0.3, -0.25) is 0 Å². The average molecular weight is 261 g/mol. The number of rotatable bonds is 4. The molecule has 0 aliphatic carbocycles. The molecule has 1 rings (SSSR count). The lowest BCUT2D eigenvalue weighted by Crippen LogP contribution is -2.40. The van der Waals surface area contributed by atoms with E-state index < -0.39 is 6.04 Å². The SMILES string of the molecule is Cc1cc(Cl)c(C(C(N)CO)N(C)C)cc1F. The zero-order valence-electron chi connectivity index (χ0n) is 10.2. The monoisotopic (exact) mass is 260 g/mol. The van der Waals surface area contributed by atoms with Gasteiger partial charge in [0.1, 0.15) is 5.82 Å². The zero-order chi connectivity index (χ0) is 13.2. The third-order valence-corrected chi connectivity index (χ3v) is 3.10. The molecule has 17 heavy (non-hydrogen) atoms. The smallest absolute Gasteiger partial charge is 0.126 e. The van der Waals surface area contributed by atoms with Crippen LogP contribution in [0.1, 0.15) is 17.2 Å². The fourth-order valence-corrected chi connectivity index (χ4v) is 2.21. The van der Waals surface area contributed by atoms with Gasteiger partial charge in [0, 0.05) is 11.1 Å². The van der Waals surface area contributed by atoms with Crippen molar-refractivity contribution in [2.75, 3.05) is 20.7 Å². The summed E-state index contributed by atoms with van der Waals surface area (Å²) in [6, 6.07) is 2.14. The quantitative estimate of drug-likeness (QED) is 0.867. The first-order chi connectivity index (χ1) is 7.88. The standard InChI is InChI=1S/C12H18ClFN2O/c1-7-4-9(13)8(5-10(7)14)12(16(2)3)11(15)6-17/h4-5,11-12,17H,6,15H2,1-3H3. The first-order valence-corrected chi connectivity index (χ1v) is 5.74. The number of aliphatic hydroxyl groups excluding tert-OH is 1. The summed E-state index contributed by atoms with van der Waals surface area (Å²) < 4.78 is 13.6. The molecule has 0 amide bonds. The molecule has 3 nitrogen and oxygen atoms in total. The van der Waals surface area contributed by atoms with E-state index in [1.54, 1.807) is 13.0 Å². The molecule has 0 aliphatic rings. The van der Waals surface area contributed by atoms with Gasteiger partial charge in [-0.25, -0.2) is 4.39 Å². The van der Waals surface area contributed by atoms with Gasteiger partial charge in [-0.05, 0) is 44.3 Å². The van der Waals surface area contributed by atoms with Crippen molar-refractivity contribution in [1.82, 2.24) is 4.90 Å². The van der Waals surface area contributed by atoms with Crippen LogP contribution in [-0.2, 0) is 0 Å². The predicted molar refractivity (Wildman–Crippen MR) is 67.6 cm³/mol. The van der Waals surface area contributed by atoms with Crippen molar-refractivity contribution in [1.29, 1.82) is 0 Å². The number of nitrogens with zero attached hydrogens (tertiary/aromatic N) is 1. The van der Waals surface area contributed by atoms with E-state index in [2.05, 4.69) is 0 Å². The summed E-state index contributed by atoms with van der Waals surface area (Å²) in [5.74, 6) is -0.318. The highest BCUT2D eigenvalue weighted by Gasteiger charge is 2.24. The van der Waals surface area contributed by atoms with E-state index in [-0.39, 0.29) is 18.5 Å². The van der Waals surface area contributed by atoms with Gasteiger partial charge in [0.15, 0.2) is 0 Å². The van der Waals surface area contributed by atoms with E-state index in [4.69, 9.17) is 22.4 Å². The molecular weight excluding hydrogens is 243 g/mol. The molecular formula is C12H18ClFN2O. The van der Waals surface area contributed by atoms with Crippen LogP contribution < -0.4 is 5.73 Å². The van der Waals surface area contributed by atoms with Gasteiger partial charge in [0.2, 0.25) is 0 Å². The van der Waals surface area contributed by atoms with Crippen LogP contribution in [-0.4, -0.2) is 36.8 Å². The van der Waals surface area contributed by atoms with Gasteiger partial charge in [0.25, 0.3) is 0 Å². The molecule has 0 bridgehead atoms. The number of likely N-dealkylation sites (N-methyl/N-ethyl adjacent to an activating group) is 1. The third kappa shape index (κ3) is 3.16. The molecule has 0 aliphatic heterocycles. The normalized spacial score (nSPS) is 15.1. The number of aliphatic hydroxyl groups is 1. The van der Waals surface area contributed by atoms with Gasteiger partial charge in [-0.15, -0.1) is 0 Å². The number of hydrogen-bond donors (Lipinski definition) is 2. The topological polar surface area (TPSA) is 49.5 Å². The lowest BCUT2D eigenvalue weighted by atomic mass is 9.98. The molecule has 0 saturated heterocycles. The molecule has 0 spiro atoms. The van der Waals surface area contributed by atoms with Crippen molar-refractivity contribution in [3.05, 3.63) is 34.1 Å². The maximum Gasteiger partial charge on any atom is 0.126 e. The second kappa shape index (κ2) is 5.78. The Morgan fingerprint density at radius 2 is 2.06 bits per heavy atom. The van der Waals surface area contributed by atoms with E-state index in [0.29, 0.717) is 16.1 Å². The van der Waals surface area contributed by atoms with Crippen LogP contribution >= 0.6 is 11.6 Å². The highest BCUT2D eigenvalue weighted by molar-refractivity contribution is 6.31. The first kappa shape index (κ1) is 14.4. The van der Waals surface area contributed by atoms with Crippen LogP contribution in [0.3, 0.4) is 0 Å². The Morgan fingerprint density at radius 3 is 2.53 bits per heavy atom. The Bertz CT molecular complexity index is 398. The van der Waals surface area contributed by atoms with Crippen LogP contribution in [0.25, 0.3) is 0 Å². The fourth-order valence-electron chi connectivity index (χ4n) is 1.88. The van der Waals surface area contributed by atoms with Gasteiger partial charge >= 0.3 is 0 Å². The lowest BCUT2D eigenvalue weighted by molar-refractivity contribution is 0.181. The van der Waals surface area contributed by atoms with Gasteiger partial charge in [-0.2, -0.15) is 0 Å². The van der Waals surface area contributed by atoms with Gasteiger partial charge in [-0.1, -0.05) is 11.6 Å². The van der Waals surface area contributed by atoms with Crippen LogP contribution in [0.5, 0.6) is 0 Å². The summed E-state index contributed by atoms with van der Waals surface area (Å²) in [7, 11) is 3.63. The molecule has 3 N–H and O–H groups in total. The van der Waals surface area contributed by atoms with E-state index in [0.717, 1.165) is 0 Å². The van der Waals surface area contributed by atoms with E-state index in [1.807, 2.05) is 19.0 Å². The third-order valence-electron chi connectivity index (χ3n) is 2.77. The summed E-state index contributed by atoms with van der Waals surface area (Å²) in [5.41, 5.74) is 6.93. The molecule has 96 valence electrons. The minimum Gasteiger partial charge on any atom is -0.395 e. The lowest BCUT2D eigenvalue weighted by Gasteiger charge is -2.30. The minimum atomic E-state index is -0.510. The molecule has 1 aromatic carbocycles. The summed E-state index contributed by atoms with van der Waals surface area (Å²) >= 11 is 6.11. The Balaban J connectivity index is 3.23. The van der Waals surface area contributed by atoms with Crippen LogP contribution in [0.15, 0.2) is 12.1 Å². The summed E-state index contributed by atoms with van der Waals surface area (Å²) in [4.78, 5) is 1.82. The zero-order valence-corrected chi connectivity index (χ0v) is 11.0. The molecule has 1 aromatic rings. The van der Waals surface area contributed by atoms with E-state index in [9.17, 15) is 4.39 Å². The Labute approximate surface area is 106 Å². The van der Waals surface area contributed by atoms with Crippen molar-refractivity contribution >= 4 is 11.6 Å². The van der Waals surface area contributed by atoms with Crippen molar-refractivity contribution in [3.8, 4) is 0 Å². The van der Waals surface area contributed by atoms with Crippen molar-refractivity contribution in [2.24, 2.45) is 5.73 Å². The van der Waals surface area contributed by atoms with Crippen LogP contribution in [0.2, 0.25) is 5.02 Å². The molecule has 0 radical (unpaired) electrons. The highest BCUT2D eigenvalue weighted by atomic mass is 35.5. The Kier molecular flexibility index (Phi) is 4.89. The van der Waals surface area contributed by atoms with Crippen LogP contribution in [0, 0.1) is 12.7 Å². The minimum absolute atomic E-state index is 0.186. The fraction of sp³-hybridized carbons (Fsp3) is 0.500. The van der Waals surface area contributed by atoms with Crippen LogP contribution in [0.4, 0.5) is 4.39 Å². The largest absolute Gasteiger partial charge is 0.395 e. The number of halogens is 2. The Morgan fingerprint density at radius 1 is 1.47 bits per heavy atom.